The minimum absolute atomic E-state index is 0.0159. The van der Waals surface area contributed by atoms with Crippen LogP contribution in [0.1, 0.15) is 26.3 Å². The number of hydrogen-bond donors (Lipinski definition) is 0. The Balaban J connectivity index is 2.06. The van der Waals surface area contributed by atoms with Crippen molar-refractivity contribution in [2.75, 3.05) is 4.90 Å². The van der Waals surface area contributed by atoms with Gasteiger partial charge in [0.05, 0.1) is 6.54 Å². The average molecular weight is 360 g/mol. The van der Waals surface area contributed by atoms with E-state index in [9.17, 15) is 4.79 Å². The number of carbonyl (C=O) groups excluding carboxylic acids is 1. The summed E-state index contributed by atoms with van der Waals surface area (Å²) in [6.45, 7) is 5.70. The van der Waals surface area contributed by atoms with Gasteiger partial charge in [-0.15, -0.1) is 5.10 Å². The Morgan fingerprint density at radius 3 is 2.68 bits per heavy atom. The van der Waals surface area contributed by atoms with Gasteiger partial charge < -0.3 is 4.74 Å². The highest BCUT2D eigenvalue weighted by Gasteiger charge is 2.27. The lowest BCUT2D eigenvalue weighted by atomic mass is 10.2. The van der Waals surface area contributed by atoms with E-state index in [2.05, 4.69) is 15.1 Å². The Hall–Kier alpha value is -2.67. The molecular weight excluding hydrogens is 342 g/mol. The van der Waals surface area contributed by atoms with Crippen molar-refractivity contribution in [3.8, 4) is 0 Å². The van der Waals surface area contributed by atoms with Crippen LogP contribution in [-0.4, -0.2) is 31.3 Å². The second-order valence-corrected chi connectivity index (χ2v) is 6.79. The fourth-order valence-electron chi connectivity index (χ4n) is 2.28. The normalized spacial score (nSPS) is 11.5. The van der Waals surface area contributed by atoms with Crippen LogP contribution in [0, 0.1) is 0 Å². The highest BCUT2D eigenvalue weighted by Crippen LogP contribution is 2.23. The standard InChI is InChI=1S/C17H18ClN5O2/c1-17(2,3)25-16(24)22(11-12-7-5-4-6-8-12)14-13-19-9-10-23(13)21-15(18)20-14/h4-10H,11H2,1-3H3. The number of benzene rings is 1. The van der Waals surface area contributed by atoms with Gasteiger partial charge in [-0.05, 0) is 37.9 Å². The lowest BCUT2D eigenvalue weighted by molar-refractivity contribution is 0.0576. The molecule has 0 unspecified atom stereocenters. The van der Waals surface area contributed by atoms with E-state index < -0.39 is 11.7 Å². The Morgan fingerprint density at radius 2 is 2.00 bits per heavy atom. The minimum Gasteiger partial charge on any atom is -0.443 e. The molecule has 0 atom stereocenters. The lowest BCUT2D eigenvalue weighted by Crippen LogP contribution is -2.37. The van der Waals surface area contributed by atoms with Gasteiger partial charge in [0.15, 0.2) is 11.5 Å². The highest BCUT2D eigenvalue weighted by molar-refractivity contribution is 6.28. The summed E-state index contributed by atoms with van der Waals surface area (Å²) in [4.78, 5) is 22.7. The van der Waals surface area contributed by atoms with Crippen molar-refractivity contribution < 1.29 is 9.53 Å². The number of fused-ring (bicyclic) bond motifs is 1. The molecule has 3 rings (SSSR count). The molecule has 1 aromatic carbocycles. The van der Waals surface area contributed by atoms with Crippen LogP contribution in [0.5, 0.6) is 0 Å². The number of hydrogen-bond acceptors (Lipinski definition) is 5. The van der Waals surface area contributed by atoms with Crippen molar-refractivity contribution in [1.82, 2.24) is 19.6 Å². The summed E-state index contributed by atoms with van der Waals surface area (Å²) >= 11 is 6.02. The van der Waals surface area contributed by atoms with Crippen LogP contribution in [0.3, 0.4) is 0 Å². The molecule has 8 heteroatoms. The van der Waals surface area contributed by atoms with Crippen LogP contribution in [-0.2, 0) is 11.3 Å². The van der Waals surface area contributed by atoms with E-state index in [1.54, 1.807) is 12.4 Å². The van der Waals surface area contributed by atoms with Crippen LogP contribution in [0.25, 0.3) is 5.65 Å². The van der Waals surface area contributed by atoms with Gasteiger partial charge >= 0.3 is 6.09 Å². The smallest absolute Gasteiger partial charge is 0.416 e. The molecule has 2 heterocycles. The molecule has 0 aliphatic heterocycles. The second kappa shape index (κ2) is 6.68. The Kier molecular flexibility index (Phi) is 4.59. The summed E-state index contributed by atoms with van der Waals surface area (Å²) in [5.74, 6) is 0.295. The molecule has 0 radical (unpaired) electrons. The molecule has 0 bridgehead atoms. The van der Waals surface area contributed by atoms with Gasteiger partial charge in [0, 0.05) is 12.4 Å². The molecular formula is C17H18ClN5O2. The lowest BCUT2D eigenvalue weighted by Gasteiger charge is -2.27. The fraction of sp³-hybridized carbons (Fsp3) is 0.294. The third kappa shape index (κ3) is 4.06. The molecule has 0 aliphatic carbocycles. The van der Waals surface area contributed by atoms with Gasteiger partial charge in [0.1, 0.15) is 5.60 Å². The molecule has 2 aromatic heterocycles. The number of imidazole rings is 1. The van der Waals surface area contributed by atoms with Crippen molar-refractivity contribution in [3.63, 3.8) is 0 Å². The monoisotopic (exact) mass is 359 g/mol. The largest absolute Gasteiger partial charge is 0.443 e. The molecule has 0 aliphatic rings. The van der Waals surface area contributed by atoms with Crippen LogP contribution >= 0.6 is 11.6 Å². The van der Waals surface area contributed by atoms with Crippen molar-refractivity contribution >= 4 is 29.2 Å². The van der Waals surface area contributed by atoms with Gasteiger partial charge in [-0.3, -0.25) is 4.90 Å². The van der Waals surface area contributed by atoms with Crippen LogP contribution in [0.2, 0.25) is 5.28 Å². The maximum absolute atomic E-state index is 12.8. The molecule has 7 nitrogen and oxygen atoms in total. The zero-order valence-electron chi connectivity index (χ0n) is 14.2. The first-order valence-electron chi connectivity index (χ1n) is 7.75. The van der Waals surface area contributed by atoms with E-state index in [0.717, 1.165) is 5.56 Å². The van der Waals surface area contributed by atoms with E-state index in [1.165, 1.54) is 9.42 Å². The average Bonchev–Trinajstić information content (AvgIpc) is 2.99. The Bertz CT molecular complexity index is 889. The van der Waals surface area contributed by atoms with Crippen molar-refractivity contribution in [3.05, 3.63) is 53.6 Å². The highest BCUT2D eigenvalue weighted by atomic mass is 35.5. The van der Waals surface area contributed by atoms with E-state index in [4.69, 9.17) is 16.3 Å². The van der Waals surface area contributed by atoms with Crippen molar-refractivity contribution in [1.29, 1.82) is 0 Å². The van der Waals surface area contributed by atoms with E-state index in [1.807, 2.05) is 51.1 Å². The molecule has 1 amide bonds. The van der Waals surface area contributed by atoms with Crippen molar-refractivity contribution in [2.24, 2.45) is 0 Å². The summed E-state index contributed by atoms with van der Waals surface area (Å²) in [6.07, 6.45) is 2.68. The quantitative estimate of drug-likeness (QED) is 0.712. The van der Waals surface area contributed by atoms with Crippen LogP contribution in [0.4, 0.5) is 10.6 Å². The number of anilines is 1. The van der Waals surface area contributed by atoms with E-state index in [0.29, 0.717) is 11.5 Å². The molecule has 0 saturated heterocycles. The van der Waals surface area contributed by atoms with Crippen LogP contribution < -0.4 is 4.90 Å². The molecule has 0 spiro atoms. The Morgan fingerprint density at radius 1 is 1.28 bits per heavy atom. The zero-order valence-corrected chi connectivity index (χ0v) is 14.9. The van der Waals surface area contributed by atoms with Gasteiger partial charge in [0.25, 0.3) is 0 Å². The molecule has 0 N–H and O–H groups in total. The van der Waals surface area contributed by atoms with Gasteiger partial charge in [0.2, 0.25) is 5.28 Å². The maximum Gasteiger partial charge on any atom is 0.416 e. The SMILES string of the molecule is CC(C)(C)OC(=O)N(Cc1ccccc1)c1nc(Cl)nn2ccnc12. The molecule has 130 valence electrons. The number of nitrogens with zero attached hydrogens (tertiary/aromatic N) is 5. The third-order valence-corrected chi connectivity index (χ3v) is 3.42. The maximum atomic E-state index is 12.8. The number of carbonyl (C=O) groups is 1. The predicted molar refractivity (Wildman–Crippen MR) is 94.7 cm³/mol. The predicted octanol–water partition coefficient (Wildman–Crippen LogP) is 3.72. The number of rotatable bonds is 3. The third-order valence-electron chi connectivity index (χ3n) is 3.26. The van der Waals surface area contributed by atoms with Gasteiger partial charge in [-0.25, -0.2) is 14.3 Å². The van der Waals surface area contributed by atoms with E-state index in [-0.39, 0.29) is 11.8 Å². The van der Waals surface area contributed by atoms with Crippen LogP contribution in [0.15, 0.2) is 42.7 Å². The van der Waals surface area contributed by atoms with Gasteiger partial charge in [-0.2, -0.15) is 4.98 Å². The van der Waals surface area contributed by atoms with Gasteiger partial charge in [-0.1, -0.05) is 30.3 Å². The first kappa shape index (κ1) is 17.2. The summed E-state index contributed by atoms with van der Waals surface area (Å²) in [5.41, 5.74) is 0.702. The molecule has 0 fully saturated rings. The van der Waals surface area contributed by atoms with Crippen molar-refractivity contribution in [2.45, 2.75) is 32.9 Å². The summed E-state index contributed by atoms with van der Waals surface area (Å²) in [7, 11) is 0. The molecule has 3 aromatic rings. The van der Waals surface area contributed by atoms with E-state index >= 15 is 0 Å². The fourth-order valence-corrected chi connectivity index (χ4v) is 2.44. The molecule has 0 saturated carbocycles. The number of halogens is 1. The molecule has 25 heavy (non-hydrogen) atoms. The second-order valence-electron chi connectivity index (χ2n) is 6.45. The number of amides is 1. The Labute approximate surface area is 150 Å². The number of ether oxygens (including phenoxy) is 1. The summed E-state index contributed by atoms with van der Waals surface area (Å²) in [6, 6.07) is 9.56. The number of aromatic nitrogens is 4. The minimum atomic E-state index is -0.644. The first-order chi connectivity index (χ1) is 11.8. The summed E-state index contributed by atoms with van der Waals surface area (Å²) < 4.78 is 7.02. The summed E-state index contributed by atoms with van der Waals surface area (Å²) in [5, 5.41) is 4.07. The zero-order chi connectivity index (χ0) is 18.0. The first-order valence-corrected chi connectivity index (χ1v) is 8.12. The topological polar surface area (TPSA) is 72.6 Å².